The van der Waals surface area contributed by atoms with E-state index in [-0.39, 0.29) is 30.7 Å². The highest BCUT2D eigenvalue weighted by Crippen LogP contribution is 2.24. The molecule has 0 radical (unpaired) electrons. The van der Waals surface area contributed by atoms with Crippen LogP contribution >= 0.6 is 24.8 Å². The van der Waals surface area contributed by atoms with E-state index in [9.17, 15) is 4.79 Å². The topological polar surface area (TPSA) is 75.9 Å². The van der Waals surface area contributed by atoms with E-state index in [0.717, 1.165) is 30.9 Å². The van der Waals surface area contributed by atoms with E-state index in [4.69, 9.17) is 0 Å². The van der Waals surface area contributed by atoms with Gasteiger partial charge in [0.1, 0.15) is 5.82 Å². The van der Waals surface area contributed by atoms with Crippen molar-refractivity contribution in [2.45, 2.75) is 19.5 Å². The minimum absolute atomic E-state index is 0. The van der Waals surface area contributed by atoms with Crippen LogP contribution in [0.15, 0.2) is 49.2 Å². The van der Waals surface area contributed by atoms with Crippen LogP contribution in [0.5, 0.6) is 0 Å². The number of pyridine rings is 2. The molecule has 4 heterocycles. The number of aromatic nitrogens is 4. The molecule has 1 aliphatic heterocycles. The molecular weight excluding hydrogens is 399 g/mol. The van der Waals surface area contributed by atoms with Crippen molar-refractivity contribution < 1.29 is 4.79 Å². The highest BCUT2D eigenvalue weighted by atomic mass is 35.5. The fourth-order valence-corrected chi connectivity index (χ4v) is 3.27. The second-order valence-corrected chi connectivity index (χ2v) is 6.38. The first-order chi connectivity index (χ1) is 12.7. The third kappa shape index (κ3) is 4.61. The molecule has 0 bridgehead atoms. The van der Waals surface area contributed by atoms with Crippen molar-refractivity contribution in [1.82, 2.24) is 25.1 Å². The van der Waals surface area contributed by atoms with E-state index in [1.165, 1.54) is 11.1 Å². The normalized spacial score (nSPS) is 12.4. The molecule has 1 N–H and O–H groups in total. The Morgan fingerprint density at radius 2 is 2.07 bits per heavy atom. The Kier molecular flexibility index (Phi) is 7.37. The number of halogens is 2. The number of carbonyl (C=O) groups excluding carboxylic acids is 1. The summed E-state index contributed by atoms with van der Waals surface area (Å²) in [6.45, 7) is 2.15. The number of nitrogens with one attached hydrogen (secondary N) is 1. The molecule has 0 saturated carbocycles. The lowest BCUT2D eigenvalue weighted by Gasteiger charge is -2.30. The van der Waals surface area contributed by atoms with Gasteiger partial charge in [-0.25, -0.2) is 4.98 Å². The van der Waals surface area contributed by atoms with Gasteiger partial charge in [-0.2, -0.15) is 5.10 Å². The summed E-state index contributed by atoms with van der Waals surface area (Å²) in [6.07, 6.45) is 9.76. The predicted octanol–water partition coefficient (Wildman–Crippen LogP) is 2.55. The maximum Gasteiger partial charge on any atom is 0.254 e. The largest absolute Gasteiger partial charge is 0.352 e. The lowest BCUT2D eigenvalue weighted by Crippen LogP contribution is -2.32. The van der Waals surface area contributed by atoms with Gasteiger partial charge in [0.15, 0.2) is 0 Å². The first-order valence-corrected chi connectivity index (χ1v) is 8.58. The summed E-state index contributed by atoms with van der Waals surface area (Å²) >= 11 is 0. The van der Waals surface area contributed by atoms with Crippen LogP contribution in [0.2, 0.25) is 0 Å². The molecule has 0 spiro atoms. The average molecular weight is 421 g/mol. The second-order valence-electron chi connectivity index (χ2n) is 6.38. The van der Waals surface area contributed by atoms with Crippen molar-refractivity contribution in [2.75, 3.05) is 11.4 Å². The van der Waals surface area contributed by atoms with Gasteiger partial charge in [0.25, 0.3) is 5.91 Å². The maximum absolute atomic E-state index is 12.2. The van der Waals surface area contributed by atoms with Gasteiger partial charge in [-0.1, -0.05) is 6.07 Å². The highest BCUT2D eigenvalue weighted by molar-refractivity contribution is 5.93. The highest BCUT2D eigenvalue weighted by Gasteiger charge is 2.20. The quantitative estimate of drug-likeness (QED) is 0.701. The number of carbonyl (C=O) groups is 1. The SMILES string of the molecule is Cl.Cl.Cn1cc(C(=O)NCc2cncc3c2CCN(c2ccccn2)C3)cn1. The van der Waals surface area contributed by atoms with E-state index >= 15 is 0 Å². The monoisotopic (exact) mass is 420 g/mol. The summed E-state index contributed by atoms with van der Waals surface area (Å²) in [6, 6.07) is 5.95. The fraction of sp³-hybridized carbons (Fsp3) is 0.263. The van der Waals surface area contributed by atoms with E-state index in [2.05, 4.69) is 25.3 Å². The second kappa shape index (κ2) is 9.52. The van der Waals surface area contributed by atoms with Crippen LogP contribution in [-0.2, 0) is 26.6 Å². The summed E-state index contributed by atoms with van der Waals surface area (Å²) in [5, 5.41) is 7.00. The Labute approximate surface area is 176 Å². The minimum atomic E-state index is -0.123. The Morgan fingerprint density at radius 1 is 1.21 bits per heavy atom. The zero-order valence-electron chi connectivity index (χ0n) is 15.4. The van der Waals surface area contributed by atoms with Crippen molar-refractivity contribution >= 4 is 36.5 Å². The molecule has 148 valence electrons. The van der Waals surface area contributed by atoms with Crippen LogP contribution in [0.25, 0.3) is 0 Å². The van der Waals surface area contributed by atoms with E-state index in [1.54, 1.807) is 24.1 Å². The number of aryl methyl sites for hydroxylation is 1. The molecule has 0 atom stereocenters. The Bertz CT molecular complexity index is 931. The van der Waals surface area contributed by atoms with Crippen molar-refractivity contribution in [3.8, 4) is 0 Å². The van der Waals surface area contributed by atoms with Crippen LogP contribution in [-0.4, -0.2) is 32.2 Å². The summed E-state index contributed by atoms with van der Waals surface area (Å²) in [7, 11) is 1.79. The maximum atomic E-state index is 12.2. The van der Waals surface area contributed by atoms with Gasteiger partial charge in [0, 0.05) is 51.5 Å². The number of nitrogens with zero attached hydrogens (tertiary/aromatic N) is 5. The molecule has 4 rings (SSSR count). The molecule has 9 heteroatoms. The molecular formula is C19H22Cl2N6O. The molecule has 0 fully saturated rings. The molecule has 3 aromatic rings. The number of anilines is 1. The number of hydrogen-bond acceptors (Lipinski definition) is 5. The molecule has 7 nitrogen and oxygen atoms in total. The number of amides is 1. The zero-order chi connectivity index (χ0) is 17.9. The lowest BCUT2D eigenvalue weighted by atomic mass is 9.97. The lowest BCUT2D eigenvalue weighted by molar-refractivity contribution is 0.0950. The number of hydrogen-bond donors (Lipinski definition) is 1. The van der Waals surface area contributed by atoms with E-state index in [1.807, 2.05) is 36.8 Å². The van der Waals surface area contributed by atoms with E-state index < -0.39 is 0 Å². The predicted molar refractivity (Wildman–Crippen MR) is 112 cm³/mol. The molecule has 1 aliphatic rings. The van der Waals surface area contributed by atoms with Crippen molar-refractivity contribution in [3.63, 3.8) is 0 Å². The summed E-state index contributed by atoms with van der Waals surface area (Å²) < 4.78 is 1.62. The van der Waals surface area contributed by atoms with Crippen molar-refractivity contribution in [2.24, 2.45) is 7.05 Å². The molecule has 0 unspecified atom stereocenters. The molecule has 0 saturated heterocycles. The fourth-order valence-electron chi connectivity index (χ4n) is 3.27. The van der Waals surface area contributed by atoms with Gasteiger partial charge in [-0.05, 0) is 35.2 Å². The molecule has 0 aromatic carbocycles. The molecule has 0 aliphatic carbocycles. The van der Waals surface area contributed by atoms with Crippen LogP contribution < -0.4 is 10.2 Å². The first kappa shape index (κ1) is 21.7. The Balaban J connectivity index is 0.00000140. The van der Waals surface area contributed by atoms with Crippen LogP contribution in [0, 0.1) is 0 Å². The van der Waals surface area contributed by atoms with Crippen LogP contribution in [0.3, 0.4) is 0 Å². The van der Waals surface area contributed by atoms with Crippen molar-refractivity contribution in [1.29, 1.82) is 0 Å². The zero-order valence-corrected chi connectivity index (χ0v) is 17.0. The van der Waals surface area contributed by atoms with Crippen molar-refractivity contribution in [3.05, 3.63) is 71.4 Å². The van der Waals surface area contributed by atoms with Gasteiger partial charge in [-0.15, -0.1) is 24.8 Å². The minimum Gasteiger partial charge on any atom is -0.352 e. The molecule has 1 amide bonds. The first-order valence-electron chi connectivity index (χ1n) is 8.58. The Morgan fingerprint density at radius 3 is 2.79 bits per heavy atom. The number of fused-ring (bicyclic) bond motifs is 1. The van der Waals surface area contributed by atoms with Gasteiger partial charge in [-0.3, -0.25) is 14.5 Å². The smallest absolute Gasteiger partial charge is 0.254 e. The summed E-state index contributed by atoms with van der Waals surface area (Å²) in [5.41, 5.74) is 4.10. The van der Waals surface area contributed by atoms with Gasteiger partial charge in [0.2, 0.25) is 0 Å². The standard InChI is InChI=1S/C19H20N6O.2ClH/c1-24-12-16(11-23-24)19(26)22-10-14-8-20-9-15-13-25(7-5-17(14)15)18-4-2-3-6-21-18;;/h2-4,6,8-9,11-12H,5,7,10,13H2,1H3,(H,22,26);2*1H. The molecule has 28 heavy (non-hydrogen) atoms. The Hall–Kier alpha value is -2.64. The van der Waals surface area contributed by atoms with Gasteiger partial charge < -0.3 is 10.2 Å². The average Bonchev–Trinajstić information content (AvgIpc) is 3.13. The van der Waals surface area contributed by atoms with Gasteiger partial charge in [0.05, 0.1) is 11.8 Å². The van der Waals surface area contributed by atoms with Crippen LogP contribution in [0.4, 0.5) is 5.82 Å². The summed E-state index contributed by atoms with van der Waals surface area (Å²) in [5.74, 6) is 0.857. The van der Waals surface area contributed by atoms with Crippen LogP contribution in [0.1, 0.15) is 27.0 Å². The summed E-state index contributed by atoms with van der Waals surface area (Å²) in [4.78, 5) is 23.3. The van der Waals surface area contributed by atoms with Gasteiger partial charge >= 0.3 is 0 Å². The van der Waals surface area contributed by atoms with E-state index in [0.29, 0.717) is 12.1 Å². The number of rotatable bonds is 4. The third-order valence-corrected chi connectivity index (χ3v) is 4.61. The third-order valence-electron chi connectivity index (χ3n) is 4.61. The molecule has 3 aromatic heterocycles.